The van der Waals surface area contributed by atoms with E-state index in [1.807, 2.05) is 0 Å². The second kappa shape index (κ2) is 7.17. The summed E-state index contributed by atoms with van der Waals surface area (Å²) < 4.78 is 1.45. The zero-order valence-electron chi connectivity index (χ0n) is 10.7. The van der Waals surface area contributed by atoms with E-state index in [-0.39, 0.29) is 0 Å². The van der Waals surface area contributed by atoms with E-state index in [9.17, 15) is 9.59 Å². The van der Waals surface area contributed by atoms with Gasteiger partial charge in [0.05, 0.1) is 0 Å². The lowest BCUT2D eigenvalue weighted by Crippen LogP contribution is -2.33. The molecule has 6 nitrogen and oxygen atoms in total. The van der Waals surface area contributed by atoms with Gasteiger partial charge in [-0.05, 0) is 13.0 Å². The molecule has 0 saturated heterocycles. The highest BCUT2D eigenvalue weighted by Gasteiger charge is 2.05. The van der Waals surface area contributed by atoms with Gasteiger partial charge in [0.25, 0.3) is 0 Å². The first kappa shape index (κ1) is 14.7. The quantitative estimate of drug-likeness (QED) is 0.318. The molecule has 2 N–H and O–H groups in total. The van der Waals surface area contributed by atoms with Crippen molar-refractivity contribution in [2.24, 2.45) is 7.05 Å². The van der Waals surface area contributed by atoms with Gasteiger partial charge in [0.1, 0.15) is 0 Å². The van der Waals surface area contributed by atoms with Gasteiger partial charge in [-0.3, -0.25) is 19.4 Å². The summed E-state index contributed by atoms with van der Waals surface area (Å²) in [5.74, 6) is 0.656. The molecule has 0 atom stereocenters. The van der Waals surface area contributed by atoms with Crippen LogP contribution in [0.5, 0.6) is 0 Å². The molecule has 0 aliphatic rings. The number of hydrogen-bond donors (Lipinski definition) is 2. The zero-order valence-corrected chi connectivity index (χ0v) is 11.5. The molecule has 0 aliphatic heterocycles. The molecule has 1 heterocycles. The van der Waals surface area contributed by atoms with Gasteiger partial charge in [-0.2, -0.15) is 4.98 Å². The van der Waals surface area contributed by atoms with E-state index in [1.54, 1.807) is 7.05 Å². The molecule has 0 radical (unpaired) electrons. The van der Waals surface area contributed by atoms with E-state index in [4.69, 9.17) is 0 Å². The summed E-state index contributed by atoms with van der Waals surface area (Å²) in [5.41, 5.74) is -0.440. The molecule has 0 aromatic carbocycles. The van der Waals surface area contributed by atoms with Crippen LogP contribution in [0.4, 0.5) is 0 Å². The third kappa shape index (κ3) is 4.50. The number of H-pyrrole nitrogens is 1. The monoisotopic (exact) mass is 270 g/mol. The Balaban J connectivity index is 2.53. The van der Waals surface area contributed by atoms with Crippen LogP contribution < -0.4 is 16.4 Å². The first-order valence-corrected chi connectivity index (χ1v) is 6.70. The van der Waals surface area contributed by atoms with Crippen LogP contribution in [-0.4, -0.2) is 33.6 Å². The zero-order chi connectivity index (χ0) is 13.5. The lowest BCUT2D eigenvalue weighted by molar-refractivity contribution is 0.596. The number of aryl methyl sites for hydroxylation is 1. The largest absolute Gasteiger partial charge is 0.339 e. The van der Waals surface area contributed by atoms with Crippen LogP contribution >= 0.6 is 11.8 Å². The molecule has 1 aromatic rings. The third-order valence-electron chi connectivity index (χ3n) is 2.15. The normalized spacial score (nSPS) is 10.6. The first-order chi connectivity index (χ1) is 8.54. The number of aromatic amines is 1. The van der Waals surface area contributed by atoms with Crippen LogP contribution in [-0.2, 0) is 7.05 Å². The van der Waals surface area contributed by atoms with Crippen molar-refractivity contribution in [2.45, 2.75) is 18.5 Å². The van der Waals surface area contributed by atoms with E-state index >= 15 is 0 Å². The Hall–Kier alpha value is -1.34. The van der Waals surface area contributed by atoms with Crippen molar-refractivity contribution in [3.8, 4) is 0 Å². The van der Waals surface area contributed by atoms with E-state index in [1.165, 1.54) is 16.4 Å². The third-order valence-corrected chi connectivity index (χ3v) is 3.33. The molecule has 0 bridgehead atoms. The number of hydrogen-bond acceptors (Lipinski definition) is 5. The van der Waals surface area contributed by atoms with Crippen molar-refractivity contribution < 1.29 is 0 Å². The van der Waals surface area contributed by atoms with Gasteiger partial charge >= 0.3 is 11.1 Å². The van der Waals surface area contributed by atoms with Crippen LogP contribution in [0.1, 0.15) is 13.3 Å². The fraction of sp³-hybridized carbons (Fsp3) is 0.545. The number of thioether (sulfide) groups is 1. The summed E-state index contributed by atoms with van der Waals surface area (Å²) in [6, 6.07) is 0. The van der Waals surface area contributed by atoms with Gasteiger partial charge in [0, 0.05) is 19.3 Å². The van der Waals surface area contributed by atoms with Gasteiger partial charge in [0.15, 0.2) is 5.16 Å². The van der Waals surface area contributed by atoms with Crippen molar-refractivity contribution in [2.75, 3.05) is 18.8 Å². The Morgan fingerprint density at radius 2 is 2.28 bits per heavy atom. The van der Waals surface area contributed by atoms with E-state index in [0.717, 1.165) is 25.1 Å². The molecule has 1 aromatic heterocycles. The molecular formula is C11H18N4O2S. The molecule has 1 rings (SSSR count). The molecule has 0 aliphatic carbocycles. The summed E-state index contributed by atoms with van der Waals surface area (Å²) in [7, 11) is 1.65. The Morgan fingerprint density at radius 3 is 2.94 bits per heavy atom. The average molecular weight is 270 g/mol. The predicted octanol–water partition coefficient (Wildman–Crippen LogP) is 0.116. The Morgan fingerprint density at radius 1 is 1.56 bits per heavy atom. The van der Waals surface area contributed by atoms with Gasteiger partial charge in [-0.15, -0.1) is 0 Å². The van der Waals surface area contributed by atoms with Gasteiger partial charge in [-0.25, -0.2) is 0 Å². The van der Waals surface area contributed by atoms with Crippen LogP contribution in [0.3, 0.4) is 0 Å². The molecule has 0 fully saturated rings. The van der Waals surface area contributed by atoms with Crippen molar-refractivity contribution in [3.63, 3.8) is 0 Å². The second-order valence-corrected chi connectivity index (χ2v) is 4.86. The van der Waals surface area contributed by atoms with Crippen LogP contribution in [0, 0.1) is 0 Å². The van der Waals surface area contributed by atoms with Gasteiger partial charge in [-0.1, -0.05) is 30.8 Å². The fourth-order valence-corrected chi connectivity index (χ4v) is 2.07. The Kier molecular flexibility index (Phi) is 5.87. The molecule has 0 saturated carbocycles. The number of rotatable bonds is 7. The highest BCUT2D eigenvalue weighted by Crippen LogP contribution is 2.14. The molecule has 0 spiro atoms. The highest BCUT2D eigenvalue weighted by molar-refractivity contribution is 7.99. The topological polar surface area (TPSA) is 79.8 Å². The molecule has 0 amide bonds. The highest BCUT2D eigenvalue weighted by atomic mass is 32.2. The van der Waals surface area contributed by atoms with Crippen LogP contribution in [0.25, 0.3) is 0 Å². The van der Waals surface area contributed by atoms with Crippen LogP contribution in [0.15, 0.2) is 26.9 Å². The molecule has 18 heavy (non-hydrogen) atoms. The summed E-state index contributed by atoms with van der Waals surface area (Å²) in [4.78, 5) is 25.9. The smallest absolute Gasteiger partial charge is 0.313 e. The van der Waals surface area contributed by atoms with Crippen molar-refractivity contribution in [1.29, 1.82) is 0 Å². The van der Waals surface area contributed by atoms with Crippen molar-refractivity contribution in [1.82, 2.24) is 20.1 Å². The number of nitrogens with one attached hydrogen (secondary N) is 2. The minimum atomic E-state index is -0.759. The lowest BCUT2D eigenvalue weighted by Gasteiger charge is -2.08. The summed E-state index contributed by atoms with van der Waals surface area (Å²) >= 11 is 1.38. The summed E-state index contributed by atoms with van der Waals surface area (Å²) in [6.45, 7) is 7.75. The van der Waals surface area contributed by atoms with Gasteiger partial charge in [0.2, 0.25) is 0 Å². The van der Waals surface area contributed by atoms with Crippen molar-refractivity contribution in [3.05, 3.63) is 32.9 Å². The first-order valence-electron chi connectivity index (χ1n) is 5.72. The predicted molar refractivity (Wildman–Crippen MR) is 73.1 cm³/mol. The number of aromatic nitrogens is 3. The average Bonchev–Trinajstić information content (AvgIpc) is 2.32. The van der Waals surface area contributed by atoms with Crippen molar-refractivity contribution >= 4 is 11.8 Å². The minimum absolute atomic E-state index is 0.483. The minimum Gasteiger partial charge on any atom is -0.313 e. The maximum Gasteiger partial charge on any atom is 0.339 e. The standard InChI is InChI=1S/C11H18N4O2S/c1-4-5-12-6-8(2)7-18-11-13-9(16)10(17)14-15(11)3/h12H,2,4-7H2,1,3H3,(H,14,17). The summed E-state index contributed by atoms with van der Waals surface area (Å²) in [6.07, 6.45) is 1.08. The maximum absolute atomic E-state index is 11.1. The molecule has 0 unspecified atom stereocenters. The van der Waals surface area contributed by atoms with E-state index in [0.29, 0.717) is 10.9 Å². The molecule has 7 heteroatoms. The Bertz CT molecular complexity index is 521. The lowest BCUT2D eigenvalue weighted by atomic mass is 10.3. The van der Waals surface area contributed by atoms with Gasteiger partial charge < -0.3 is 5.32 Å². The molecule has 100 valence electrons. The fourth-order valence-electron chi connectivity index (χ4n) is 1.25. The van der Waals surface area contributed by atoms with Crippen LogP contribution in [0.2, 0.25) is 0 Å². The number of nitrogens with zero attached hydrogens (tertiary/aromatic N) is 2. The maximum atomic E-state index is 11.1. The second-order valence-electron chi connectivity index (χ2n) is 3.91. The van der Waals surface area contributed by atoms with E-state index in [2.05, 4.69) is 28.9 Å². The molecular weight excluding hydrogens is 252 g/mol. The Labute approximate surface area is 109 Å². The van der Waals surface area contributed by atoms with E-state index < -0.39 is 11.1 Å². The SMILES string of the molecule is C=C(CNCCC)CSc1nc(=O)c(=O)[nH]n1C. The summed E-state index contributed by atoms with van der Waals surface area (Å²) in [5, 5.41) is 6.13.